The molecule has 2 heterocycles. The molecule has 0 unspecified atom stereocenters. The summed E-state index contributed by atoms with van der Waals surface area (Å²) >= 11 is 0. The molecule has 0 bridgehead atoms. The van der Waals surface area contributed by atoms with Crippen molar-refractivity contribution in [1.82, 2.24) is 20.2 Å². The number of aromatic nitrogens is 4. The van der Waals surface area contributed by atoms with E-state index in [1.165, 1.54) is 0 Å². The first kappa shape index (κ1) is 10.1. The van der Waals surface area contributed by atoms with Crippen molar-refractivity contribution in [2.75, 3.05) is 0 Å². The zero-order valence-corrected chi connectivity index (χ0v) is 9.57. The number of nitrogens with one attached hydrogen (secondary N) is 1. The molecular weight excluding hydrogens is 188 g/mol. The molecule has 0 spiro atoms. The molecular formula is C11H16N4. The van der Waals surface area contributed by atoms with E-state index in [1.807, 2.05) is 0 Å². The standard InChI is InChI=1S/C11H16N4/c1-6(2)9-8-5-12-15-11(8)14-10(13-9)7(3)4/h5-7H,1-4H3,(H,12,13,14,15). The van der Waals surface area contributed by atoms with Crippen molar-refractivity contribution in [2.45, 2.75) is 39.5 Å². The van der Waals surface area contributed by atoms with Gasteiger partial charge in [0.2, 0.25) is 0 Å². The van der Waals surface area contributed by atoms with Gasteiger partial charge in [0.1, 0.15) is 5.82 Å². The molecule has 0 fully saturated rings. The first-order valence-corrected chi connectivity index (χ1v) is 5.30. The third kappa shape index (κ3) is 1.71. The first-order chi connectivity index (χ1) is 7.09. The highest BCUT2D eigenvalue weighted by atomic mass is 15.1. The summed E-state index contributed by atoms with van der Waals surface area (Å²) in [6, 6.07) is 0. The Morgan fingerprint density at radius 1 is 1.07 bits per heavy atom. The highest BCUT2D eigenvalue weighted by Gasteiger charge is 2.13. The average molecular weight is 204 g/mol. The molecule has 0 aliphatic rings. The van der Waals surface area contributed by atoms with Crippen LogP contribution >= 0.6 is 0 Å². The summed E-state index contributed by atoms with van der Waals surface area (Å²) in [5, 5.41) is 7.96. The van der Waals surface area contributed by atoms with Crippen LogP contribution in [0.2, 0.25) is 0 Å². The highest BCUT2D eigenvalue weighted by molar-refractivity contribution is 5.77. The van der Waals surface area contributed by atoms with Gasteiger partial charge in [0.05, 0.1) is 17.3 Å². The van der Waals surface area contributed by atoms with Gasteiger partial charge in [0.25, 0.3) is 0 Å². The van der Waals surface area contributed by atoms with Crippen LogP contribution in [0.4, 0.5) is 0 Å². The number of fused-ring (bicyclic) bond motifs is 1. The average Bonchev–Trinajstić information content (AvgIpc) is 2.62. The third-order valence-electron chi connectivity index (χ3n) is 2.42. The van der Waals surface area contributed by atoms with E-state index in [1.54, 1.807) is 6.20 Å². The minimum atomic E-state index is 0.343. The molecule has 4 nitrogen and oxygen atoms in total. The molecule has 2 aromatic rings. The van der Waals surface area contributed by atoms with E-state index in [0.29, 0.717) is 11.8 Å². The molecule has 0 saturated heterocycles. The van der Waals surface area contributed by atoms with Crippen molar-refractivity contribution >= 4 is 11.0 Å². The van der Waals surface area contributed by atoms with E-state index >= 15 is 0 Å². The fourth-order valence-corrected chi connectivity index (χ4v) is 1.57. The second-order valence-electron chi connectivity index (χ2n) is 4.41. The van der Waals surface area contributed by atoms with Crippen LogP contribution in [0.1, 0.15) is 51.0 Å². The number of rotatable bonds is 2. The van der Waals surface area contributed by atoms with E-state index in [9.17, 15) is 0 Å². The van der Waals surface area contributed by atoms with Crippen molar-refractivity contribution in [1.29, 1.82) is 0 Å². The van der Waals surface area contributed by atoms with Crippen LogP contribution in [0.3, 0.4) is 0 Å². The molecule has 0 saturated carbocycles. The monoisotopic (exact) mass is 204 g/mol. The van der Waals surface area contributed by atoms with Crippen molar-refractivity contribution in [3.8, 4) is 0 Å². The van der Waals surface area contributed by atoms with Crippen molar-refractivity contribution in [3.05, 3.63) is 17.7 Å². The van der Waals surface area contributed by atoms with Crippen LogP contribution < -0.4 is 0 Å². The second kappa shape index (κ2) is 3.61. The Kier molecular flexibility index (Phi) is 2.42. The van der Waals surface area contributed by atoms with Gasteiger partial charge < -0.3 is 0 Å². The topological polar surface area (TPSA) is 54.5 Å². The second-order valence-corrected chi connectivity index (χ2v) is 4.41. The third-order valence-corrected chi connectivity index (χ3v) is 2.42. The van der Waals surface area contributed by atoms with E-state index in [4.69, 9.17) is 0 Å². The van der Waals surface area contributed by atoms with Crippen LogP contribution in [0, 0.1) is 0 Å². The normalized spacial score (nSPS) is 11.9. The summed E-state index contributed by atoms with van der Waals surface area (Å²) in [6.45, 7) is 8.47. The number of nitrogens with zero attached hydrogens (tertiary/aromatic N) is 3. The molecule has 4 heteroatoms. The van der Waals surface area contributed by atoms with Gasteiger partial charge in [0.15, 0.2) is 5.65 Å². The summed E-state index contributed by atoms with van der Waals surface area (Å²) in [5.74, 6) is 1.62. The Morgan fingerprint density at radius 2 is 1.80 bits per heavy atom. The van der Waals surface area contributed by atoms with Crippen molar-refractivity contribution in [3.63, 3.8) is 0 Å². The molecule has 1 N–H and O–H groups in total. The Morgan fingerprint density at radius 3 is 2.40 bits per heavy atom. The molecule has 0 aliphatic heterocycles. The van der Waals surface area contributed by atoms with E-state index in [2.05, 4.69) is 47.9 Å². The fourth-order valence-electron chi connectivity index (χ4n) is 1.57. The molecule has 0 aliphatic carbocycles. The van der Waals surface area contributed by atoms with Gasteiger partial charge >= 0.3 is 0 Å². The quantitative estimate of drug-likeness (QED) is 0.818. The summed E-state index contributed by atoms with van der Waals surface area (Å²) in [6.07, 6.45) is 1.80. The number of aromatic amines is 1. The zero-order valence-electron chi connectivity index (χ0n) is 9.57. The SMILES string of the molecule is CC(C)c1nc(C(C)C)c2cn[nH]c2n1. The number of H-pyrrole nitrogens is 1. The molecule has 0 radical (unpaired) electrons. The van der Waals surface area contributed by atoms with E-state index in [-0.39, 0.29) is 0 Å². The largest absolute Gasteiger partial charge is 0.261 e. The Balaban J connectivity index is 2.69. The fraction of sp³-hybridized carbons (Fsp3) is 0.545. The lowest BCUT2D eigenvalue weighted by Gasteiger charge is -2.09. The number of hydrogen-bond acceptors (Lipinski definition) is 3. The lowest BCUT2D eigenvalue weighted by Crippen LogP contribution is -2.03. The maximum Gasteiger partial charge on any atom is 0.159 e. The van der Waals surface area contributed by atoms with Crippen LogP contribution in [-0.4, -0.2) is 20.2 Å². The van der Waals surface area contributed by atoms with Gasteiger partial charge in [-0.05, 0) is 5.92 Å². The van der Waals surface area contributed by atoms with Crippen LogP contribution in [-0.2, 0) is 0 Å². The molecule has 80 valence electrons. The maximum atomic E-state index is 4.60. The minimum absolute atomic E-state index is 0.343. The van der Waals surface area contributed by atoms with Gasteiger partial charge in [-0.25, -0.2) is 9.97 Å². The van der Waals surface area contributed by atoms with Gasteiger partial charge in [-0.3, -0.25) is 5.10 Å². The minimum Gasteiger partial charge on any atom is -0.261 e. The summed E-state index contributed by atoms with van der Waals surface area (Å²) in [4.78, 5) is 9.05. The summed E-state index contributed by atoms with van der Waals surface area (Å²) in [5.41, 5.74) is 1.93. The molecule has 2 aromatic heterocycles. The van der Waals surface area contributed by atoms with Crippen LogP contribution in [0.15, 0.2) is 6.20 Å². The number of hydrogen-bond donors (Lipinski definition) is 1. The van der Waals surface area contributed by atoms with Gasteiger partial charge in [-0.15, -0.1) is 0 Å². The lowest BCUT2D eigenvalue weighted by molar-refractivity contribution is 0.741. The van der Waals surface area contributed by atoms with Crippen molar-refractivity contribution in [2.24, 2.45) is 0 Å². The van der Waals surface area contributed by atoms with Crippen LogP contribution in [0.5, 0.6) is 0 Å². The predicted octanol–water partition coefficient (Wildman–Crippen LogP) is 2.60. The van der Waals surface area contributed by atoms with Crippen LogP contribution in [0.25, 0.3) is 11.0 Å². The highest BCUT2D eigenvalue weighted by Crippen LogP contribution is 2.23. The predicted molar refractivity (Wildman–Crippen MR) is 59.9 cm³/mol. The van der Waals surface area contributed by atoms with Gasteiger partial charge in [-0.1, -0.05) is 27.7 Å². The first-order valence-electron chi connectivity index (χ1n) is 5.30. The summed E-state index contributed by atoms with van der Waals surface area (Å²) in [7, 11) is 0. The summed E-state index contributed by atoms with van der Waals surface area (Å²) < 4.78 is 0. The maximum absolute atomic E-state index is 4.60. The van der Waals surface area contributed by atoms with Gasteiger partial charge in [-0.2, -0.15) is 5.10 Å². The zero-order chi connectivity index (χ0) is 11.0. The molecule has 15 heavy (non-hydrogen) atoms. The Bertz CT molecular complexity index is 470. The van der Waals surface area contributed by atoms with Crippen molar-refractivity contribution < 1.29 is 0 Å². The van der Waals surface area contributed by atoms with E-state index in [0.717, 1.165) is 22.6 Å². The Labute approximate surface area is 89.1 Å². The Hall–Kier alpha value is -1.45. The lowest BCUT2D eigenvalue weighted by atomic mass is 10.1. The molecule has 0 amide bonds. The molecule has 0 atom stereocenters. The van der Waals surface area contributed by atoms with Gasteiger partial charge in [0, 0.05) is 5.92 Å². The molecule has 2 rings (SSSR count). The van der Waals surface area contributed by atoms with E-state index < -0.39 is 0 Å². The molecule has 0 aromatic carbocycles. The smallest absolute Gasteiger partial charge is 0.159 e.